The summed E-state index contributed by atoms with van der Waals surface area (Å²) in [5, 5.41) is 12.1. The number of esters is 1. The Balaban J connectivity index is 2.36. The maximum absolute atomic E-state index is 11.5. The van der Waals surface area contributed by atoms with E-state index in [0.29, 0.717) is 38.8 Å². The lowest BCUT2D eigenvalue weighted by Gasteiger charge is -2.36. The van der Waals surface area contributed by atoms with Gasteiger partial charge in [0.05, 0.1) is 18.1 Å². The third kappa shape index (κ3) is 4.61. The van der Waals surface area contributed by atoms with E-state index in [-0.39, 0.29) is 11.9 Å². The fraction of sp³-hybridized carbons (Fsp3) is 0.917. The zero-order valence-corrected chi connectivity index (χ0v) is 11.0. The Morgan fingerprint density at radius 2 is 2.06 bits per heavy atom. The molecule has 0 spiro atoms. The molecule has 1 aliphatic carbocycles. The summed E-state index contributed by atoms with van der Waals surface area (Å²) in [4.78, 5) is 11.5. The van der Waals surface area contributed by atoms with Crippen LogP contribution in [-0.2, 0) is 9.53 Å². The van der Waals surface area contributed by atoms with Crippen molar-refractivity contribution in [3.8, 4) is 0 Å². The Labute approximate surface area is 103 Å². The van der Waals surface area contributed by atoms with Gasteiger partial charge in [0.2, 0.25) is 0 Å². The zero-order chi connectivity index (χ0) is 12.9. The SMILES string of the molecule is CCOC(=O)C1CCC(O)(CNN(C)C)CC1. The van der Waals surface area contributed by atoms with Gasteiger partial charge in [-0.3, -0.25) is 15.2 Å². The van der Waals surface area contributed by atoms with Crippen molar-refractivity contribution in [1.82, 2.24) is 10.4 Å². The van der Waals surface area contributed by atoms with Crippen molar-refractivity contribution in [3.63, 3.8) is 0 Å². The highest BCUT2D eigenvalue weighted by Crippen LogP contribution is 2.32. The van der Waals surface area contributed by atoms with Gasteiger partial charge in [0.15, 0.2) is 0 Å². The summed E-state index contributed by atoms with van der Waals surface area (Å²) in [7, 11) is 3.79. The minimum atomic E-state index is -0.687. The Kier molecular flexibility index (Phi) is 5.36. The van der Waals surface area contributed by atoms with E-state index in [1.54, 1.807) is 0 Å². The number of carbonyl (C=O) groups excluding carboxylic acids is 1. The van der Waals surface area contributed by atoms with E-state index < -0.39 is 5.60 Å². The molecule has 100 valence electrons. The molecule has 2 N–H and O–H groups in total. The maximum atomic E-state index is 11.5. The first-order chi connectivity index (χ1) is 7.97. The minimum absolute atomic E-state index is 0.0328. The summed E-state index contributed by atoms with van der Waals surface area (Å²) in [5.74, 6) is -0.148. The monoisotopic (exact) mass is 244 g/mol. The molecule has 0 unspecified atom stereocenters. The van der Waals surface area contributed by atoms with E-state index in [1.165, 1.54) is 0 Å². The summed E-state index contributed by atoms with van der Waals surface area (Å²) in [6.45, 7) is 2.79. The highest BCUT2D eigenvalue weighted by atomic mass is 16.5. The zero-order valence-electron chi connectivity index (χ0n) is 11.0. The molecule has 1 rings (SSSR count). The average Bonchev–Trinajstić information content (AvgIpc) is 2.28. The maximum Gasteiger partial charge on any atom is 0.308 e. The molecule has 5 heteroatoms. The molecule has 0 atom stereocenters. The second-order valence-corrected chi connectivity index (χ2v) is 4.98. The van der Waals surface area contributed by atoms with Crippen molar-refractivity contribution >= 4 is 5.97 Å². The molecular weight excluding hydrogens is 220 g/mol. The second kappa shape index (κ2) is 6.33. The van der Waals surface area contributed by atoms with Crippen molar-refractivity contribution < 1.29 is 14.6 Å². The molecule has 1 aliphatic rings. The van der Waals surface area contributed by atoms with Gasteiger partial charge in [0, 0.05) is 20.6 Å². The van der Waals surface area contributed by atoms with Crippen molar-refractivity contribution in [2.45, 2.75) is 38.2 Å². The Morgan fingerprint density at radius 3 is 2.53 bits per heavy atom. The third-order valence-electron chi connectivity index (χ3n) is 3.26. The Hall–Kier alpha value is -0.650. The Morgan fingerprint density at radius 1 is 1.47 bits per heavy atom. The summed E-state index contributed by atoms with van der Waals surface area (Å²) in [6, 6.07) is 0. The standard InChI is InChI=1S/C12H24N2O3/c1-4-17-11(15)10-5-7-12(16,8-6-10)9-13-14(2)3/h10,13,16H,4-9H2,1-3H3. The van der Waals surface area contributed by atoms with Gasteiger partial charge >= 0.3 is 5.97 Å². The first-order valence-corrected chi connectivity index (χ1v) is 6.27. The third-order valence-corrected chi connectivity index (χ3v) is 3.26. The molecule has 0 radical (unpaired) electrons. The predicted molar refractivity (Wildman–Crippen MR) is 65.2 cm³/mol. The molecule has 17 heavy (non-hydrogen) atoms. The van der Waals surface area contributed by atoms with Crippen LogP contribution < -0.4 is 5.43 Å². The number of hydrazine groups is 1. The van der Waals surface area contributed by atoms with E-state index in [2.05, 4.69) is 5.43 Å². The van der Waals surface area contributed by atoms with Crippen LogP contribution in [0.2, 0.25) is 0 Å². The van der Waals surface area contributed by atoms with Gasteiger partial charge in [-0.15, -0.1) is 0 Å². The van der Waals surface area contributed by atoms with Crippen molar-refractivity contribution in [3.05, 3.63) is 0 Å². The van der Waals surface area contributed by atoms with E-state index in [4.69, 9.17) is 4.74 Å². The normalized spacial score (nSPS) is 29.4. The van der Waals surface area contributed by atoms with Gasteiger partial charge in [-0.05, 0) is 32.6 Å². The molecule has 0 heterocycles. The van der Waals surface area contributed by atoms with Gasteiger partial charge < -0.3 is 9.84 Å². The average molecular weight is 244 g/mol. The highest BCUT2D eigenvalue weighted by molar-refractivity contribution is 5.72. The van der Waals surface area contributed by atoms with Crippen LogP contribution >= 0.6 is 0 Å². The molecule has 0 bridgehead atoms. The minimum Gasteiger partial charge on any atom is -0.466 e. The lowest BCUT2D eigenvalue weighted by molar-refractivity contribution is -0.151. The molecule has 0 amide bonds. The molecule has 0 saturated heterocycles. The van der Waals surface area contributed by atoms with Crippen LogP contribution in [0.4, 0.5) is 0 Å². The number of carbonyl (C=O) groups is 1. The molecule has 0 aromatic carbocycles. The Bertz CT molecular complexity index is 248. The van der Waals surface area contributed by atoms with E-state index in [0.717, 1.165) is 0 Å². The van der Waals surface area contributed by atoms with Crippen molar-refractivity contribution in [1.29, 1.82) is 0 Å². The summed E-state index contributed by atoms with van der Waals surface area (Å²) in [6.07, 6.45) is 2.73. The molecule has 5 nitrogen and oxygen atoms in total. The lowest BCUT2D eigenvalue weighted by atomic mass is 9.79. The lowest BCUT2D eigenvalue weighted by Crippen LogP contribution is -2.48. The van der Waals surface area contributed by atoms with E-state index in [9.17, 15) is 9.90 Å². The summed E-state index contributed by atoms with van der Waals surface area (Å²) in [5.41, 5.74) is 2.40. The van der Waals surface area contributed by atoms with Crippen molar-refractivity contribution in [2.75, 3.05) is 27.2 Å². The van der Waals surface area contributed by atoms with Crippen LogP contribution in [0.1, 0.15) is 32.6 Å². The number of hydrogen-bond acceptors (Lipinski definition) is 5. The molecule has 0 aliphatic heterocycles. The van der Waals surface area contributed by atoms with Gasteiger partial charge in [0.1, 0.15) is 0 Å². The topological polar surface area (TPSA) is 61.8 Å². The van der Waals surface area contributed by atoms with Crippen LogP contribution in [0, 0.1) is 5.92 Å². The van der Waals surface area contributed by atoms with Gasteiger partial charge in [-0.25, -0.2) is 0 Å². The fourth-order valence-corrected chi connectivity index (χ4v) is 2.13. The molecule has 0 aromatic rings. The molecule has 1 saturated carbocycles. The van der Waals surface area contributed by atoms with Crippen LogP contribution in [0.25, 0.3) is 0 Å². The largest absolute Gasteiger partial charge is 0.466 e. The quantitative estimate of drug-likeness (QED) is 0.546. The number of nitrogens with one attached hydrogen (secondary N) is 1. The smallest absolute Gasteiger partial charge is 0.308 e. The molecule has 1 fully saturated rings. The molecular formula is C12H24N2O3. The van der Waals surface area contributed by atoms with Crippen LogP contribution in [0.3, 0.4) is 0 Å². The van der Waals surface area contributed by atoms with E-state index >= 15 is 0 Å². The summed E-state index contributed by atoms with van der Waals surface area (Å²) < 4.78 is 5.00. The number of nitrogens with zero attached hydrogens (tertiary/aromatic N) is 1. The number of ether oxygens (including phenoxy) is 1. The second-order valence-electron chi connectivity index (χ2n) is 4.98. The van der Waals surface area contributed by atoms with Crippen LogP contribution in [0.15, 0.2) is 0 Å². The van der Waals surface area contributed by atoms with Crippen LogP contribution in [-0.4, -0.2) is 48.9 Å². The number of rotatable bonds is 5. The van der Waals surface area contributed by atoms with Crippen LogP contribution in [0.5, 0.6) is 0 Å². The van der Waals surface area contributed by atoms with Gasteiger partial charge in [0.25, 0.3) is 0 Å². The van der Waals surface area contributed by atoms with Crippen molar-refractivity contribution in [2.24, 2.45) is 5.92 Å². The fourth-order valence-electron chi connectivity index (χ4n) is 2.13. The number of aliphatic hydroxyl groups is 1. The number of hydrogen-bond donors (Lipinski definition) is 2. The predicted octanol–water partition coefficient (Wildman–Crippen LogP) is 0.537. The first-order valence-electron chi connectivity index (χ1n) is 6.27. The van der Waals surface area contributed by atoms with Gasteiger partial charge in [-0.2, -0.15) is 0 Å². The summed E-state index contributed by atoms with van der Waals surface area (Å²) >= 11 is 0. The first kappa shape index (κ1) is 14.4. The van der Waals surface area contributed by atoms with Gasteiger partial charge in [-0.1, -0.05) is 0 Å². The van der Waals surface area contributed by atoms with E-state index in [1.807, 2.05) is 26.0 Å². The highest BCUT2D eigenvalue weighted by Gasteiger charge is 2.36. The molecule has 0 aromatic heterocycles.